The smallest absolute Gasteiger partial charge is 0.258 e. The standard InChI is InChI=1S/C16H17F2N9.C8H16O/c1-8(2)20-14-13-9(5-6-26(13)24-16(19)22-14)10-3-4-11-15(21-10)27(25-23-11)7-12(17)18;1-7-3-5-8(2,9)6-4-7/h3-6,8,12H,7H2,1-2H3,(H3,19,20,22,24);7,9H,3-6H2,1-2H3. The second-order valence-electron chi connectivity index (χ2n) is 10.0. The summed E-state index contributed by atoms with van der Waals surface area (Å²) in [5.41, 5.74) is 8.19. The van der Waals surface area contributed by atoms with E-state index < -0.39 is 13.0 Å². The molecule has 36 heavy (non-hydrogen) atoms. The first-order valence-electron chi connectivity index (χ1n) is 12.1. The van der Waals surface area contributed by atoms with Crippen LogP contribution in [-0.2, 0) is 6.54 Å². The maximum Gasteiger partial charge on any atom is 0.258 e. The van der Waals surface area contributed by atoms with Gasteiger partial charge in [-0.2, -0.15) is 4.98 Å². The normalized spacial score (nSPS) is 20.2. The molecule has 0 aromatic carbocycles. The van der Waals surface area contributed by atoms with Gasteiger partial charge in [0.2, 0.25) is 5.95 Å². The number of pyridine rings is 1. The molecule has 4 N–H and O–H groups in total. The van der Waals surface area contributed by atoms with Crippen molar-refractivity contribution >= 4 is 28.4 Å². The second kappa shape index (κ2) is 10.3. The lowest BCUT2D eigenvalue weighted by molar-refractivity contribution is 0.0104. The Morgan fingerprint density at radius 1 is 1.19 bits per heavy atom. The average Bonchev–Trinajstić information content (AvgIpc) is 3.39. The molecular weight excluding hydrogens is 468 g/mol. The Morgan fingerprint density at radius 2 is 1.92 bits per heavy atom. The fourth-order valence-electron chi connectivity index (χ4n) is 4.26. The Labute approximate surface area is 207 Å². The van der Waals surface area contributed by atoms with Crippen LogP contribution in [0.15, 0.2) is 24.4 Å². The molecule has 194 valence electrons. The summed E-state index contributed by atoms with van der Waals surface area (Å²) in [7, 11) is 0. The van der Waals surface area contributed by atoms with Crippen molar-refractivity contribution < 1.29 is 13.9 Å². The fraction of sp³-hybridized carbons (Fsp3) is 0.542. The predicted octanol–water partition coefficient (Wildman–Crippen LogP) is 4.15. The number of rotatable bonds is 5. The number of hydrogen-bond acceptors (Lipinski definition) is 8. The van der Waals surface area contributed by atoms with Crippen molar-refractivity contribution in [1.29, 1.82) is 0 Å². The highest BCUT2D eigenvalue weighted by atomic mass is 19.3. The number of fused-ring (bicyclic) bond motifs is 2. The Bertz CT molecular complexity index is 1320. The van der Waals surface area contributed by atoms with Gasteiger partial charge >= 0.3 is 0 Å². The molecule has 0 atom stereocenters. The molecule has 5 rings (SSSR count). The number of hydrogen-bond donors (Lipinski definition) is 3. The van der Waals surface area contributed by atoms with Crippen molar-refractivity contribution in [2.75, 3.05) is 11.1 Å². The zero-order valence-corrected chi connectivity index (χ0v) is 21.0. The SMILES string of the molecule is CC(C)Nc1nc(N)nn2ccc(-c3ccc4nnn(CC(F)F)c4n3)c12.CC1CCC(C)(O)CC1. The Morgan fingerprint density at radius 3 is 2.56 bits per heavy atom. The van der Waals surface area contributed by atoms with Gasteiger partial charge in [-0.05, 0) is 70.6 Å². The van der Waals surface area contributed by atoms with Gasteiger partial charge in [0.25, 0.3) is 6.43 Å². The molecule has 0 bridgehead atoms. The van der Waals surface area contributed by atoms with E-state index >= 15 is 0 Å². The minimum Gasteiger partial charge on any atom is -0.390 e. The third kappa shape index (κ3) is 5.86. The van der Waals surface area contributed by atoms with Crippen molar-refractivity contribution in [3.63, 3.8) is 0 Å². The molecule has 0 aliphatic heterocycles. The lowest BCUT2D eigenvalue weighted by Gasteiger charge is -2.31. The number of anilines is 2. The van der Waals surface area contributed by atoms with E-state index in [-0.39, 0.29) is 17.6 Å². The number of nitrogen functional groups attached to an aromatic ring is 1. The molecule has 0 radical (unpaired) electrons. The van der Waals surface area contributed by atoms with Crippen LogP contribution in [0.2, 0.25) is 0 Å². The zero-order chi connectivity index (χ0) is 26.0. The summed E-state index contributed by atoms with van der Waals surface area (Å²) >= 11 is 0. The molecule has 0 saturated heterocycles. The number of aromatic nitrogens is 7. The molecule has 4 aromatic heterocycles. The van der Waals surface area contributed by atoms with Crippen LogP contribution in [0.4, 0.5) is 20.5 Å². The molecule has 4 heterocycles. The predicted molar refractivity (Wildman–Crippen MR) is 135 cm³/mol. The molecule has 0 spiro atoms. The van der Waals surface area contributed by atoms with Gasteiger partial charge in [-0.3, -0.25) is 0 Å². The van der Waals surface area contributed by atoms with Crippen LogP contribution in [-0.4, -0.2) is 57.8 Å². The van der Waals surface area contributed by atoms with Crippen LogP contribution in [0, 0.1) is 5.92 Å². The van der Waals surface area contributed by atoms with Gasteiger partial charge in [0.05, 0.1) is 11.3 Å². The van der Waals surface area contributed by atoms with Crippen molar-refractivity contribution in [2.45, 2.75) is 78.0 Å². The van der Waals surface area contributed by atoms with E-state index in [0.29, 0.717) is 28.2 Å². The van der Waals surface area contributed by atoms with Crippen LogP contribution in [0.3, 0.4) is 0 Å². The highest BCUT2D eigenvalue weighted by Crippen LogP contribution is 2.31. The molecule has 1 fully saturated rings. The van der Waals surface area contributed by atoms with Crippen LogP contribution < -0.4 is 11.1 Å². The monoisotopic (exact) mass is 501 g/mol. The van der Waals surface area contributed by atoms with E-state index in [9.17, 15) is 13.9 Å². The highest BCUT2D eigenvalue weighted by Gasteiger charge is 2.26. The van der Waals surface area contributed by atoms with Crippen molar-refractivity contribution in [2.24, 2.45) is 5.92 Å². The van der Waals surface area contributed by atoms with Crippen LogP contribution in [0.5, 0.6) is 0 Å². The number of halogens is 2. The summed E-state index contributed by atoms with van der Waals surface area (Å²) in [6.07, 6.45) is 3.59. The molecule has 1 aliphatic rings. The molecule has 0 unspecified atom stereocenters. The minimum atomic E-state index is -2.55. The second-order valence-corrected chi connectivity index (χ2v) is 10.0. The lowest BCUT2D eigenvalue weighted by atomic mass is 9.81. The van der Waals surface area contributed by atoms with E-state index in [2.05, 4.69) is 37.6 Å². The summed E-state index contributed by atoms with van der Waals surface area (Å²) in [6.45, 7) is 7.60. The minimum absolute atomic E-state index is 0.123. The Kier molecular flexibility index (Phi) is 7.34. The number of alkyl halides is 2. The third-order valence-corrected chi connectivity index (χ3v) is 6.25. The molecule has 1 aliphatic carbocycles. The van der Waals surface area contributed by atoms with Gasteiger partial charge in [-0.1, -0.05) is 12.1 Å². The number of nitrogens with two attached hydrogens (primary N) is 1. The van der Waals surface area contributed by atoms with Gasteiger partial charge in [-0.25, -0.2) is 23.0 Å². The topological polar surface area (TPSA) is 132 Å². The molecule has 12 heteroatoms. The summed E-state index contributed by atoms with van der Waals surface area (Å²) < 4.78 is 28.2. The largest absolute Gasteiger partial charge is 0.390 e. The van der Waals surface area contributed by atoms with Gasteiger partial charge < -0.3 is 16.2 Å². The van der Waals surface area contributed by atoms with E-state index in [1.54, 1.807) is 22.8 Å². The van der Waals surface area contributed by atoms with E-state index in [1.165, 1.54) is 12.8 Å². The number of aliphatic hydroxyl groups is 1. The third-order valence-electron chi connectivity index (χ3n) is 6.25. The van der Waals surface area contributed by atoms with E-state index in [1.807, 2.05) is 26.8 Å². The molecule has 0 amide bonds. The van der Waals surface area contributed by atoms with Crippen LogP contribution in [0.1, 0.15) is 53.4 Å². The lowest BCUT2D eigenvalue weighted by Crippen LogP contribution is -2.29. The summed E-state index contributed by atoms with van der Waals surface area (Å²) in [5, 5.41) is 24.6. The summed E-state index contributed by atoms with van der Waals surface area (Å²) in [5.74, 6) is 1.54. The maximum atomic E-state index is 12.8. The molecule has 10 nitrogen and oxygen atoms in total. The quantitative estimate of drug-likeness (QED) is 0.372. The highest BCUT2D eigenvalue weighted by molar-refractivity contribution is 5.89. The summed E-state index contributed by atoms with van der Waals surface area (Å²) in [4.78, 5) is 8.79. The van der Waals surface area contributed by atoms with Crippen molar-refractivity contribution in [3.8, 4) is 11.3 Å². The van der Waals surface area contributed by atoms with Crippen molar-refractivity contribution in [3.05, 3.63) is 24.4 Å². The van der Waals surface area contributed by atoms with Crippen molar-refractivity contribution in [1.82, 2.24) is 34.6 Å². The molecule has 1 saturated carbocycles. The van der Waals surface area contributed by atoms with Crippen LogP contribution in [0.25, 0.3) is 27.9 Å². The van der Waals surface area contributed by atoms with Gasteiger partial charge in [0.1, 0.15) is 17.6 Å². The fourth-order valence-corrected chi connectivity index (χ4v) is 4.26. The first-order valence-corrected chi connectivity index (χ1v) is 12.1. The Hall–Kier alpha value is -3.41. The first kappa shape index (κ1) is 25.7. The Balaban J connectivity index is 0.000000286. The van der Waals surface area contributed by atoms with Gasteiger partial charge in [0.15, 0.2) is 11.5 Å². The van der Waals surface area contributed by atoms with Gasteiger partial charge in [-0.15, -0.1) is 10.2 Å². The average molecular weight is 502 g/mol. The number of nitrogens with one attached hydrogen (secondary N) is 1. The zero-order valence-electron chi connectivity index (χ0n) is 21.0. The number of nitrogens with zero attached hydrogens (tertiary/aromatic N) is 7. The summed E-state index contributed by atoms with van der Waals surface area (Å²) in [6, 6.07) is 5.40. The molecular formula is C24H33F2N9O. The van der Waals surface area contributed by atoms with E-state index in [4.69, 9.17) is 5.73 Å². The van der Waals surface area contributed by atoms with Gasteiger partial charge in [0, 0.05) is 17.8 Å². The maximum absolute atomic E-state index is 12.8. The first-order chi connectivity index (χ1) is 17.0. The van der Waals surface area contributed by atoms with Crippen LogP contribution >= 0.6 is 0 Å². The molecule has 4 aromatic rings. The van der Waals surface area contributed by atoms with E-state index in [0.717, 1.165) is 29.0 Å².